The molecule has 0 amide bonds. The largest absolute Gasteiger partial charge is 0.276 e. The summed E-state index contributed by atoms with van der Waals surface area (Å²) in [5, 5.41) is -1.04. The average Bonchev–Trinajstić information content (AvgIpc) is 2.15. The van der Waals surface area contributed by atoms with Gasteiger partial charge in [-0.15, -0.1) is 0 Å². The first kappa shape index (κ1) is 13.2. The van der Waals surface area contributed by atoms with E-state index < -0.39 is 10.5 Å². The SMILES string of the molecule is CC(C)Cc1cc(C(=O)Cl)ccc1C(=O)Cl. The van der Waals surface area contributed by atoms with Crippen LogP contribution >= 0.6 is 23.2 Å². The van der Waals surface area contributed by atoms with Crippen LogP contribution in [-0.2, 0) is 6.42 Å². The highest BCUT2D eigenvalue weighted by Gasteiger charge is 2.13. The summed E-state index contributed by atoms with van der Waals surface area (Å²) in [4.78, 5) is 22.2. The lowest BCUT2D eigenvalue weighted by atomic mass is 9.96. The molecular formula is C12H12Cl2O2. The standard InChI is InChI=1S/C12H12Cl2O2/c1-7(2)5-9-6-8(11(13)15)3-4-10(9)12(14)16/h3-4,6-7H,5H2,1-2H3. The van der Waals surface area contributed by atoms with E-state index in [1.54, 1.807) is 12.1 Å². The molecule has 86 valence electrons. The van der Waals surface area contributed by atoms with Crippen LogP contribution in [0.5, 0.6) is 0 Å². The van der Waals surface area contributed by atoms with Crippen molar-refractivity contribution in [3.63, 3.8) is 0 Å². The molecule has 16 heavy (non-hydrogen) atoms. The zero-order chi connectivity index (χ0) is 12.3. The normalized spacial score (nSPS) is 10.6. The highest BCUT2D eigenvalue weighted by atomic mass is 35.5. The smallest absolute Gasteiger partial charge is 0.252 e. The topological polar surface area (TPSA) is 34.1 Å². The van der Waals surface area contributed by atoms with Gasteiger partial charge in [-0.05, 0) is 59.3 Å². The monoisotopic (exact) mass is 258 g/mol. The molecule has 1 rings (SSSR count). The van der Waals surface area contributed by atoms with Gasteiger partial charge < -0.3 is 0 Å². The fourth-order valence-corrected chi connectivity index (χ4v) is 1.82. The van der Waals surface area contributed by atoms with E-state index in [0.717, 1.165) is 5.56 Å². The van der Waals surface area contributed by atoms with Gasteiger partial charge in [0.25, 0.3) is 10.5 Å². The van der Waals surface area contributed by atoms with Crippen LogP contribution in [0.1, 0.15) is 40.1 Å². The van der Waals surface area contributed by atoms with Crippen LogP contribution in [0.15, 0.2) is 18.2 Å². The summed E-state index contributed by atoms with van der Waals surface area (Å²) in [7, 11) is 0. The van der Waals surface area contributed by atoms with E-state index in [-0.39, 0.29) is 0 Å². The Kier molecular flexibility index (Phi) is 4.51. The molecule has 0 atom stereocenters. The van der Waals surface area contributed by atoms with Crippen molar-refractivity contribution in [2.24, 2.45) is 5.92 Å². The Bertz CT molecular complexity index is 425. The van der Waals surface area contributed by atoms with Crippen molar-refractivity contribution in [1.29, 1.82) is 0 Å². The van der Waals surface area contributed by atoms with Gasteiger partial charge in [0.15, 0.2) is 0 Å². The Morgan fingerprint density at radius 3 is 2.25 bits per heavy atom. The molecule has 0 bridgehead atoms. The van der Waals surface area contributed by atoms with Crippen LogP contribution in [0.4, 0.5) is 0 Å². The fourth-order valence-electron chi connectivity index (χ4n) is 1.52. The molecule has 0 saturated carbocycles. The molecule has 1 aromatic carbocycles. The summed E-state index contributed by atoms with van der Waals surface area (Å²) < 4.78 is 0. The van der Waals surface area contributed by atoms with Gasteiger partial charge in [0.2, 0.25) is 0 Å². The zero-order valence-corrected chi connectivity index (χ0v) is 10.6. The van der Waals surface area contributed by atoms with Crippen molar-refractivity contribution in [2.75, 3.05) is 0 Å². The molecule has 0 unspecified atom stereocenters. The Labute approximate surface area is 105 Å². The maximum atomic E-state index is 11.2. The molecular weight excluding hydrogens is 247 g/mol. The van der Waals surface area contributed by atoms with E-state index in [4.69, 9.17) is 23.2 Å². The van der Waals surface area contributed by atoms with E-state index in [2.05, 4.69) is 0 Å². The third kappa shape index (κ3) is 3.32. The molecule has 2 nitrogen and oxygen atoms in total. The van der Waals surface area contributed by atoms with Crippen molar-refractivity contribution in [3.8, 4) is 0 Å². The fraction of sp³-hybridized carbons (Fsp3) is 0.333. The minimum Gasteiger partial charge on any atom is -0.276 e. The van der Waals surface area contributed by atoms with Crippen molar-refractivity contribution in [1.82, 2.24) is 0 Å². The van der Waals surface area contributed by atoms with Crippen molar-refractivity contribution >= 4 is 33.7 Å². The molecule has 0 aliphatic carbocycles. The highest BCUT2D eigenvalue weighted by molar-refractivity contribution is 6.68. The van der Waals surface area contributed by atoms with Gasteiger partial charge in [-0.3, -0.25) is 9.59 Å². The Hall–Kier alpha value is -0.860. The summed E-state index contributed by atoms with van der Waals surface area (Å²) >= 11 is 10.9. The van der Waals surface area contributed by atoms with E-state index in [1.807, 2.05) is 13.8 Å². The summed E-state index contributed by atoms with van der Waals surface area (Å²) in [5.74, 6) is 0.371. The predicted octanol–water partition coefficient (Wildman–Crippen LogP) is 3.64. The molecule has 0 aliphatic rings. The van der Waals surface area contributed by atoms with Crippen LogP contribution < -0.4 is 0 Å². The number of halogens is 2. The number of carbonyl (C=O) groups excluding carboxylic acids is 2. The molecule has 1 aromatic rings. The second-order valence-corrected chi connectivity index (χ2v) is 4.70. The molecule has 0 fully saturated rings. The van der Waals surface area contributed by atoms with Crippen molar-refractivity contribution in [3.05, 3.63) is 34.9 Å². The Morgan fingerprint density at radius 2 is 1.81 bits per heavy atom. The second kappa shape index (κ2) is 5.46. The molecule has 0 radical (unpaired) electrons. The predicted molar refractivity (Wildman–Crippen MR) is 65.4 cm³/mol. The lowest BCUT2D eigenvalue weighted by molar-refractivity contribution is 0.106. The number of benzene rings is 1. The van der Waals surface area contributed by atoms with E-state index in [9.17, 15) is 9.59 Å². The van der Waals surface area contributed by atoms with E-state index in [1.165, 1.54) is 6.07 Å². The first-order chi connectivity index (χ1) is 7.41. The van der Waals surface area contributed by atoms with Crippen LogP contribution in [0.25, 0.3) is 0 Å². The zero-order valence-electron chi connectivity index (χ0n) is 9.09. The van der Waals surface area contributed by atoms with Gasteiger partial charge in [0, 0.05) is 11.1 Å². The molecule has 0 N–H and O–H groups in total. The minimum atomic E-state index is -0.529. The summed E-state index contributed by atoms with van der Waals surface area (Å²) in [5.41, 5.74) is 1.59. The third-order valence-electron chi connectivity index (χ3n) is 2.17. The molecule has 0 spiro atoms. The van der Waals surface area contributed by atoms with Crippen LogP contribution in [0.3, 0.4) is 0 Å². The maximum absolute atomic E-state index is 11.2. The molecule has 0 aromatic heterocycles. The summed E-state index contributed by atoms with van der Waals surface area (Å²) in [6, 6.07) is 4.68. The van der Waals surface area contributed by atoms with E-state index in [0.29, 0.717) is 23.5 Å². The van der Waals surface area contributed by atoms with Gasteiger partial charge in [0.05, 0.1) is 0 Å². The number of carbonyl (C=O) groups is 2. The van der Waals surface area contributed by atoms with Gasteiger partial charge in [-0.1, -0.05) is 13.8 Å². The molecule has 4 heteroatoms. The maximum Gasteiger partial charge on any atom is 0.252 e. The van der Waals surface area contributed by atoms with Crippen molar-refractivity contribution in [2.45, 2.75) is 20.3 Å². The van der Waals surface area contributed by atoms with Crippen molar-refractivity contribution < 1.29 is 9.59 Å². The number of rotatable bonds is 4. The Morgan fingerprint density at radius 1 is 1.19 bits per heavy atom. The average molecular weight is 259 g/mol. The minimum absolute atomic E-state index is 0.371. The molecule has 0 heterocycles. The Balaban J connectivity index is 3.21. The van der Waals surface area contributed by atoms with E-state index >= 15 is 0 Å². The second-order valence-electron chi connectivity index (χ2n) is 4.02. The first-order valence-electron chi connectivity index (χ1n) is 4.94. The molecule has 0 saturated heterocycles. The number of hydrogen-bond acceptors (Lipinski definition) is 2. The van der Waals surface area contributed by atoms with Crippen LogP contribution in [-0.4, -0.2) is 10.5 Å². The lowest BCUT2D eigenvalue weighted by Gasteiger charge is -2.09. The summed E-state index contributed by atoms with van der Waals surface area (Å²) in [6.45, 7) is 4.05. The molecule has 0 aliphatic heterocycles. The number of hydrogen-bond donors (Lipinski definition) is 0. The first-order valence-corrected chi connectivity index (χ1v) is 5.70. The highest BCUT2D eigenvalue weighted by Crippen LogP contribution is 2.19. The quantitative estimate of drug-likeness (QED) is 0.773. The van der Waals surface area contributed by atoms with Gasteiger partial charge in [-0.2, -0.15) is 0 Å². The lowest BCUT2D eigenvalue weighted by Crippen LogP contribution is -2.04. The third-order valence-corrected chi connectivity index (χ3v) is 2.59. The van der Waals surface area contributed by atoms with Gasteiger partial charge in [-0.25, -0.2) is 0 Å². The van der Waals surface area contributed by atoms with Crippen LogP contribution in [0, 0.1) is 5.92 Å². The van der Waals surface area contributed by atoms with Gasteiger partial charge in [0.1, 0.15) is 0 Å². The summed E-state index contributed by atoms with van der Waals surface area (Å²) in [6.07, 6.45) is 0.686. The van der Waals surface area contributed by atoms with Crippen LogP contribution in [0.2, 0.25) is 0 Å². The van der Waals surface area contributed by atoms with Gasteiger partial charge >= 0.3 is 0 Å².